The van der Waals surface area contributed by atoms with Crippen LogP contribution in [-0.2, 0) is 6.61 Å². The topological polar surface area (TPSA) is 78.3 Å². The molecule has 0 atom stereocenters. The number of nitrogen functional groups attached to an aromatic ring is 1. The molecule has 20 heavy (non-hydrogen) atoms. The Morgan fingerprint density at radius 2 is 2.05 bits per heavy atom. The number of carbonyl (C=O) groups excluding carboxylic acids is 1. The molecule has 1 amide bonds. The summed E-state index contributed by atoms with van der Waals surface area (Å²) in [4.78, 5) is 11.3. The number of para-hydroxylation sites is 1. The fourth-order valence-electron chi connectivity index (χ4n) is 1.86. The lowest BCUT2D eigenvalue weighted by Crippen LogP contribution is -2.14. The van der Waals surface area contributed by atoms with Gasteiger partial charge in [0.2, 0.25) is 0 Å². The molecule has 0 fully saturated rings. The number of hydrogen-bond donors (Lipinski definition) is 2. The Kier molecular flexibility index (Phi) is 3.89. The van der Waals surface area contributed by atoms with E-state index in [0.717, 1.165) is 5.56 Å². The number of anilines is 1. The van der Waals surface area contributed by atoms with Crippen molar-refractivity contribution >= 4 is 11.6 Å². The molecule has 0 bridgehead atoms. The van der Waals surface area contributed by atoms with Crippen LogP contribution in [0.4, 0.5) is 10.1 Å². The fraction of sp³-hybridized carbons (Fsp3) is 0.133. The Hall–Kier alpha value is -2.56. The second-order valence-corrected chi connectivity index (χ2v) is 4.45. The van der Waals surface area contributed by atoms with Crippen molar-refractivity contribution < 1.29 is 13.9 Å². The van der Waals surface area contributed by atoms with Crippen molar-refractivity contribution in [2.75, 3.05) is 5.73 Å². The van der Waals surface area contributed by atoms with Crippen molar-refractivity contribution in [3.8, 4) is 5.75 Å². The summed E-state index contributed by atoms with van der Waals surface area (Å²) in [7, 11) is 0. The summed E-state index contributed by atoms with van der Waals surface area (Å²) in [5.74, 6) is -0.739. The van der Waals surface area contributed by atoms with Crippen LogP contribution in [0, 0.1) is 12.7 Å². The van der Waals surface area contributed by atoms with E-state index in [1.807, 2.05) is 6.92 Å². The van der Waals surface area contributed by atoms with Crippen LogP contribution in [0.2, 0.25) is 0 Å². The van der Waals surface area contributed by atoms with Crippen molar-refractivity contribution in [2.24, 2.45) is 5.73 Å². The lowest BCUT2D eigenvalue weighted by Gasteiger charge is -2.13. The number of primary amides is 1. The smallest absolute Gasteiger partial charge is 0.252 e. The summed E-state index contributed by atoms with van der Waals surface area (Å²) >= 11 is 0. The first-order valence-corrected chi connectivity index (χ1v) is 6.05. The van der Waals surface area contributed by atoms with Gasteiger partial charge in [0.15, 0.2) is 5.75 Å². The third kappa shape index (κ3) is 2.88. The molecule has 0 unspecified atom stereocenters. The average Bonchev–Trinajstić information content (AvgIpc) is 2.40. The van der Waals surface area contributed by atoms with E-state index in [9.17, 15) is 9.18 Å². The zero-order valence-electron chi connectivity index (χ0n) is 11.0. The van der Waals surface area contributed by atoms with E-state index in [1.54, 1.807) is 18.2 Å². The zero-order valence-corrected chi connectivity index (χ0v) is 11.0. The number of halogens is 1. The second-order valence-electron chi connectivity index (χ2n) is 4.45. The van der Waals surface area contributed by atoms with E-state index in [4.69, 9.17) is 16.2 Å². The third-order valence-corrected chi connectivity index (χ3v) is 2.99. The molecule has 0 radical (unpaired) electrons. The van der Waals surface area contributed by atoms with Gasteiger partial charge in [-0.3, -0.25) is 4.79 Å². The molecule has 0 spiro atoms. The molecular weight excluding hydrogens is 259 g/mol. The predicted molar refractivity (Wildman–Crippen MR) is 74.8 cm³/mol. The Labute approximate surface area is 116 Å². The highest BCUT2D eigenvalue weighted by atomic mass is 19.1. The van der Waals surface area contributed by atoms with Gasteiger partial charge in [0.1, 0.15) is 12.4 Å². The summed E-state index contributed by atoms with van der Waals surface area (Å²) in [5, 5.41) is 0. The van der Waals surface area contributed by atoms with E-state index in [-0.39, 0.29) is 23.7 Å². The maximum atomic E-state index is 13.2. The van der Waals surface area contributed by atoms with Gasteiger partial charge in [-0.05, 0) is 42.3 Å². The molecule has 2 rings (SSSR count). The highest BCUT2D eigenvalue weighted by Crippen LogP contribution is 2.27. The van der Waals surface area contributed by atoms with Gasteiger partial charge in [-0.2, -0.15) is 0 Å². The molecule has 0 heterocycles. The van der Waals surface area contributed by atoms with Crippen LogP contribution in [0.5, 0.6) is 5.75 Å². The van der Waals surface area contributed by atoms with Crippen LogP contribution in [0.25, 0.3) is 0 Å². The predicted octanol–water partition coefficient (Wildman–Crippen LogP) is 2.39. The minimum atomic E-state index is -0.622. The Morgan fingerprint density at radius 1 is 1.30 bits per heavy atom. The van der Waals surface area contributed by atoms with Crippen LogP contribution < -0.4 is 16.2 Å². The molecule has 0 saturated heterocycles. The van der Waals surface area contributed by atoms with Gasteiger partial charge in [0.05, 0.1) is 11.3 Å². The van der Waals surface area contributed by atoms with E-state index < -0.39 is 5.91 Å². The van der Waals surface area contributed by atoms with E-state index in [2.05, 4.69) is 0 Å². The molecule has 5 heteroatoms. The first kappa shape index (κ1) is 13.9. The van der Waals surface area contributed by atoms with Crippen LogP contribution in [-0.4, -0.2) is 5.91 Å². The summed E-state index contributed by atoms with van der Waals surface area (Å²) in [5.41, 5.74) is 13.2. The minimum Gasteiger partial charge on any atom is -0.486 e. The maximum absolute atomic E-state index is 13.2. The van der Waals surface area contributed by atoms with Crippen LogP contribution in [0.3, 0.4) is 0 Å². The van der Waals surface area contributed by atoms with Crippen molar-refractivity contribution in [1.82, 2.24) is 0 Å². The highest BCUT2D eigenvalue weighted by Gasteiger charge is 2.13. The lowest BCUT2D eigenvalue weighted by atomic mass is 10.1. The Morgan fingerprint density at radius 3 is 2.75 bits per heavy atom. The van der Waals surface area contributed by atoms with Crippen molar-refractivity contribution in [3.05, 3.63) is 58.9 Å². The quantitative estimate of drug-likeness (QED) is 0.840. The number of ether oxygens (including phenoxy) is 1. The van der Waals surface area contributed by atoms with Gasteiger partial charge in [0.25, 0.3) is 5.91 Å². The zero-order chi connectivity index (χ0) is 14.7. The normalized spacial score (nSPS) is 10.3. The Balaban J connectivity index is 2.27. The van der Waals surface area contributed by atoms with Gasteiger partial charge < -0.3 is 16.2 Å². The van der Waals surface area contributed by atoms with Crippen LogP contribution in [0.15, 0.2) is 36.4 Å². The number of aryl methyl sites for hydroxylation is 1. The summed E-state index contributed by atoms with van der Waals surface area (Å²) in [6.07, 6.45) is 0. The highest BCUT2D eigenvalue weighted by molar-refractivity contribution is 5.97. The Bertz CT molecular complexity index is 656. The van der Waals surface area contributed by atoms with E-state index >= 15 is 0 Å². The number of carbonyl (C=O) groups is 1. The van der Waals surface area contributed by atoms with Crippen molar-refractivity contribution in [2.45, 2.75) is 13.5 Å². The summed E-state index contributed by atoms with van der Waals surface area (Å²) in [6, 6.07) is 9.20. The van der Waals surface area contributed by atoms with Gasteiger partial charge in [-0.15, -0.1) is 0 Å². The van der Waals surface area contributed by atoms with E-state index in [1.165, 1.54) is 18.2 Å². The molecule has 0 aromatic heterocycles. The van der Waals surface area contributed by atoms with Gasteiger partial charge in [-0.1, -0.05) is 12.1 Å². The number of nitrogens with two attached hydrogens (primary N) is 2. The number of amides is 1. The van der Waals surface area contributed by atoms with E-state index in [0.29, 0.717) is 11.3 Å². The van der Waals surface area contributed by atoms with Gasteiger partial charge in [0, 0.05) is 0 Å². The van der Waals surface area contributed by atoms with Crippen molar-refractivity contribution in [3.63, 3.8) is 0 Å². The van der Waals surface area contributed by atoms with Crippen molar-refractivity contribution in [1.29, 1.82) is 0 Å². The lowest BCUT2D eigenvalue weighted by molar-refractivity contribution is 0.0996. The molecule has 4 nitrogen and oxygen atoms in total. The minimum absolute atomic E-state index is 0.109. The molecule has 2 aromatic rings. The molecule has 0 aliphatic rings. The first-order valence-electron chi connectivity index (χ1n) is 6.05. The number of rotatable bonds is 4. The SMILES string of the molecule is Cc1ccc(F)cc1COc1c(N)cccc1C(N)=O. The molecule has 0 saturated carbocycles. The monoisotopic (exact) mass is 274 g/mol. The average molecular weight is 274 g/mol. The van der Waals surface area contributed by atoms with Gasteiger partial charge >= 0.3 is 0 Å². The number of hydrogen-bond acceptors (Lipinski definition) is 3. The molecule has 0 aliphatic carbocycles. The molecule has 104 valence electrons. The standard InChI is InChI=1S/C15H15FN2O2/c1-9-5-6-11(16)7-10(9)8-20-14-12(15(18)19)3-2-4-13(14)17/h2-7H,8,17H2,1H3,(H2,18,19). The second kappa shape index (κ2) is 5.61. The van der Waals surface area contributed by atoms with Gasteiger partial charge in [-0.25, -0.2) is 4.39 Å². The molecule has 0 aliphatic heterocycles. The maximum Gasteiger partial charge on any atom is 0.252 e. The summed E-state index contributed by atoms with van der Waals surface area (Å²) in [6.45, 7) is 1.96. The fourth-order valence-corrected chi connectivity index (χ4v) is 1.86. The number of benzene rings is 2. The molecular formula is C15H15FN2O2. The van der Waals surface area contributed by atoms with Crippen LogP contribution >= 0.6 is 0 Å². The molecule has 2 aromatic carbocycles. The largest absolute Gasteiger partial charge is 0.486 e. The molecule has 4 N–H and O–H groups in total. The summed E-state index contributed by atoms with van der Waals surface area (Å²) < 4.78 is 18.8. The van der Waals surface area contributed by atoms with Crippen LogP contribution in [0.1, 0.15) is 21.5 Å². The first-order chi connectivity index (χ1) is 9.49. The third-order valence-electron chi connectivity index (χ3n) is 2.99.